The second-order valence-electron chi connectivity index (χ2n) is 17.3. The van der Waals surface area contributed by atoms with Crippen LogP contribution in [-0.2, 0) is 50.1 Å². The molecule has 1 heterocycles. The molecule has 0 spiro atoms. The van der Waals surface area contributed by atoms with E-state index in [1.54, 1.807) is 54.8 Å². The Morgan fingerprint density at radius 1 is 0.661 bits per heavy atom. The number of carbonyl (C=O) groups is 6. The summed E-state index contributed by atoms with van der Waals surface area (Å²) in [7, 11) is 0. The van der Waals surface area contributed by atoms with Gasteiger partial charge in [-0.25, -0.2) is 9.78 Å². The van der Waals surface area contributed by atoms with Gasteiger partial charge in [-0.15, -0.1) is 0 Å². The Bertz CT molecular complexity index is 2050. The van der Waals surface area contributed by atoms with Gasteiger partial charge in [0.2, 0.25) is 17.7 Å². The summed E-state index contributed by atoms with van der Waals surface area (Å²) in [6.07, 6.45) is 2.11. The van der Waals surface area contributed by atoms with Crippen molar-refractivity contribution < 1.29 is 43.0 Å². The first-order valence-corrected chi connectivity index (χ1v) is 20.6. The first-order chi connectivity index (χ1) is 29.1. The molecule has 1 aromatic heterocycles. The number of rotatable bonds is 18. The SMILES string of the molecule is CCOC(=O)CNC(=O)[C@H](CCC(=O)OC(C)(C)C)NC(=O)C(C)(C)NC(=O)[C@H](Cc1cn(C(c2ccccc2)(c2ccccc2)c2ccccc2)cn1)NC(=O)OC(C)(C)C. The van der Waals surface area contributed by atoms with Crippen LogP contribution in [0.4, 0.5) is 4.79 Å². The molecule has 4 rings (SSSR count). The maximum absolute atomic E-state index is 14.3. The van der Waals surface area contributed by atoms with E-state index >= 15 is 0 Å². The minimum atomic E-state index is -1.68. The van der Waals surface area contributed by atoms with Crippen molar-refractivity contribution in [1.29, 1.82) is 0 Å². The minimum Gasteiger partial charge on any atom is -0.465 e. The molecular weight excluding hydrogens is 793 g/mol. The normalized spacial score (nSPS) is 12.9. The predicted molar refractivity (Wildman–Crippen MR) is 233 cm³/mol. The van der Waals surface area contributed by atoms with Crippen molar-refractivity contribution in [3.05, 3.63) is 126 Å². The monoisotopic (exact) mass is 852 g/mol. The second kappa shape index (κ2) is 20.8. The smallest absolute Gasteiger partial charge is 0.408 e. The molecule has 3 aromatic carbocycles. The molecule has 0 aliphatic carbocycles. The maximum atomic E-state index is 14.3. The summed E-state index contributed by atoms with van der Waals surface area (Å²) in [5.41, 5.74) is -0.957. The van der Waals surface area contributed by atoms with Gasteiger partial charge in [0.25, 0.3) is 0 Å². The van der Waals surface area contributed by atoms with Crippen molar-refractivity contribution in [2.24, 2.45) is 0 Å². The van der Waals surface area contributed by atoms with E-state index in [0.717, 1.165) is 16.7 Å². The number of carbonyl (C=O) groups excluding carboxylic acids is 6. The third-order valence-corrected chi connectivity index (χ3v) is 9.41. The van der Waals surface area contributed by atoms with Crippen LogP contribution in [-0.4, -0.2) is 87.3 Å². The minimum absolute atomic E-state index is 0.100. The quantitative estimate of drug-likeness (QED) is 0.0577. The van der Waals surface area contributed by atoms with Crippen LogP contribution in [0, 0.1) is 0 Å². The zero-order chi connectivity index (χ0) is 45.7. The largest absolute Gasteiger partial charge is 0.465 e. The number of nitrogens with one attached hydrogen (secondary N) is 4. The Balaban J connectivity index is 1.65. The number of imidazole rings is 1. The molecule has 2 atom stereocenters. The van der Waals surface area contributed by atoms with Gasteiger partial charge in [-0.3, -0.25) is 24.0 Å². The number of esters is 2. The topological polar surface area (TPSA) is 196 Å². The predicted octanol–water partition coefficient (Wildman–Crippen LogP) is 5.34. The summed E-state index contributed by atoms with van der Waals surface area (Å²) in [5.74, 6) is -3.58. The molecule has 0 saturated heterocycles. The maximum Gasteiger partial charge on any atom is 0.408 e. The van der Waals surface area contributed by atoms with E-state index in [1.807, 2.05) is 102 Å². The van der Waals surface area contributed by atoms with E-state index in [9.17, 15) is 28.8 Å². The number of alkyl carbamates (subject to hydrolysis) is 1. The number of benzene rings is 3. The molecule has 0 aliphatic heterocycles. The van der Waals surface area contributed by atoms with Crippen LogP contribution < -0.4 is 21.3 Å². The summed E-state index contributed by atoms with van der Waals surface area (Å²) >= 11 is 0. The molecule has 15 nitrogen and oxygen atoms in total. The zero-order valence-corrected chi connectivity index (χ0v) is 37.1. The molecule has 4 amide bonds. The van der Waals surface area contributed by atoms with Crippen molar-refractivity contribution in [1.82, 2.24) is 30.8 Å². The molecule has 4 aromatic rings. The molecule has 0 fully saturated rings. The average Bonchev–Trinajstić information content (AvgIpc) is 3.66. The van der Waals surface area contributed by atoms with Gasteiger partial charge in [-0.05, 0) is 85.4 Å². The number of hydrogen-bond donors (Lipinski definition) is 4. The van der Waals surface area contributed by atoms with Gasteiger partial charge in [0, 0.05) is 19.0 Å². The van der Waals surface area contributed by atoms with Gasteiger partial charge in [-0.2, -0.15) is 0 Å². The van der Waals surface area contributed by atoms with Gasteiger partial charge >= 0.3 is 18.0 Å². The third kappa shape index (κ3) is 13.5. The highest BCUT2D eigenvalue weighted by Gasteiger charge is 2.40. The fourth-order valence-corrected chi connectivity index (χ4v) is 6.71. The zero-order valence-electron chi connectivity index (χ0n) is 37.1. The van der Waals surface area contributed by atoms with E-state index in [-0.39, 0.29) is 25.9 Å². The van der Waals surface area contributed by atoms with E-state index in [1.165, 1.54) is 13.8 Å². The van der Waals surface area contributed by atoms with Crippen molar-refractivity contribution in [3.63, 3.8) is 0 Å². The van der Waals surface area contributed by atoms with Crippen molar-refractivity contribution >= 4 is 35.8 Å². The highest BCUT2D eigenvalue weighted by molar-refractivity contribution is 5.96. The van der Waals surface area contributed by atoms with Crippen LogP contribution in [0.1, 0.15) is 97.5 Å². The molecule has 15 heteroatoms. The van der Waals surface area contributed by atoms with E-state index < -0.39 is 76.7 Å². The Morgan fingerprint density at radius 3 is 1.66 bits per heavy atom. The first-order valence-electron chi connectivity index (χ1n) is 20.6. The first kappa shape index (κ1) is 48.2. The Kier molecular flexibility index (Phi) is 16.2. The lowest BCUT2D eigenvalue weighted by Gasteiger charge is -2.37. The Morgan fingerprint density at radius 2 is 1.18 bits per heavy atom. The highest BCUT2D eigenvalue weighted by Crippen LogP contribution is 2.40. The van der Waals surface area contributed by atoms with Crippen molar-refractivity contribution in [2.75, 3.05) is 13.2 Å². The molecule has 62 heavy (non-hydrogen) atoms. The lowest BCUT2D eigenvalue weighted by atomic mass is 9.77. The summed E-state index contributed by atoms with van der Waals surface area (Å²) in [4.78, 5) is 84.0. The fourth-order valence-electron chi connectivity index (χ4n) is 6.71. The van der Waals surface area contributed by atoms with E-state index in [0.29, 0.717) is 5.69 Å². The second-order valence-corrected chi connectivity index (χ2v) is 17.3. The molecule has 0 aliphatic rings. The molecule has 0 saturated carbocycles. The standard InChI is InChI=1S/C47H60N6O9/c1-10-60-39(55)29-48-40(56)36(26-27-38(54)61-44(2,3)4)50-42(58)46(8,9)52-41(57)37(51-43(59)62-45(5,6)7)28-35-30-53(31-49-35)47(32-20-14-11-15-21-32,33-22-16-12-17-23-33)34-24-18-13-19-25-34/h11-25,30-31,36-37H,10,26-29H2,1-9H3,(H,48,56)(H,50,58)(H,51,59)(H,52,57)/t36-,37-/m0/s1. The summed E-state index contributed by atoms with van der Waals surface area (Å²) in [6.45, 7) is 14.3. The molecule has 0 radical (unpaired) electrons. The molecule has 332 valence electrons. The van der Waals surface area contributed by atoms with Crippen molar-refractivity contribution in [2.45, 2.75) is 116 Å². The van der Waals surface area contributed by atoms with Gasteiger partial charge in [-0.1, -0.05) is 91.0 Å². The highest BCUT2D eigenvalue weighted by atomic mass is 16.6. The molecular formula is C47H60N6O9. The van der Waals surface area contributed by atoms with Crippen LogP contribution in [0.15, 0.2) is 104 Å². The summed E-state index contributed by atoms with van der Waals surface area (Å²) in [6, 6.07) is 27.3. The van der Waals surface area contributed by atoms with Gasteiger partial charge in [0.1, 0.15) is 40.9 Å². The lowest BCUT2D eigenvalue weighted by molar-refractivity contribution is -0.155. The Hall–Kier alpha value is -6.51. The molecule has 4 N–H and O–H groups in total. The van der Waals surface area contributed by atoms with Crippen LogP contribution in [0.25, 0.3) is 0 Å². The van der Waals surface area contributed by atoms with Crippen LogP contribution in [0.2, 0.25) is 0 Å². The van der Waals surface area contributed by atoms with E-state index in [2.05, 4.69) is 21.3 Å². The van der Waals surface area contributed by atoms with Crippen LogP contribution >= 0.6 is 0 Å². The lowest BCUT2D eigenvalue weighted by Crippen LogP contribution is -2.62. The van der Waals surface area contributed by atoms with Gasteiger partial charge in [0.15, 0.2) is 0 Å². The number of amides is 4. The third-order valence-electron chi connectivity index (χ3n) is 9.41. The number of ether oxygens (including phenoxy) is 3. The summed E-state index contributed by atoms with van der Waals surface area (Å²) in [5, 5.41) is 10.4. The number of hydrogen-bond acceptors (Lipinski definition) is 10. The molecule has 0 bridgehead atoms. The number of nitrogens with zero attached hydrogens (tertiary/aromatic N) is 2. The molecule has 0 unspecified atom stereocenters. The van der Waals surface area contributed by atoms with Crippen LogP contribution in [0.5, 0.6) is 0 Å². The fraction of sp³-hybridized carbons (Fsp3) is 0.426. The van der Waals surface area contributed by atoms with E-state index in [4.69, 9.17) is 19.2 Å². The van der Waals surface area contributed by atoms with Crippen molar-refractivity contribution in [3.8, 4) is 0 Å². The Labute approximate surface area is 363 Å². The van der Waals surface area contributed by atoms with Crippen LogP contribution in [0.3, 0.4) is 0 Å². The van der Waals surface area contributed by atoms with Gasteiger partial charge < -0.3 is 40.0 Å². The average molecular weight is 853 g/mol. The summed E-state index contributed by atoms with van der Waals surface area (Å²) < 4.78 is 17.8. The van der Waals surface area contributed by atoms with Gasteiger partial charge in [0.05, 0.1) is 18.6 Å². The number of aromatic nitrogens is 2.